The quantitative estimate of drug-likeness (QED) is 0.859. The third-order valence-corrected chi connectivity index (χ3v) is 5.36. The molecule has 0 unspecified atom stereocenters. The second-order valence-electron chi connectivity index (χ2n) is 7.10. The lowest BCUT2D eigenvalue weighted by atomic mass is 9.73. The van der Waals surface area contributed by atoms with Crippen LogP contribution in [0.5, 0.6) is 0 Å². The van der Waals surface area contributed by atoms with E-state index in [0.717, 1.165) is 38.5 Å². The molecule has 0 aliphatic heterocycles. The monoisotopic (exact) mass is 332 g/mol. The number of rotatable bonds is 2. The van der Waals surface area contributed by atoms with Gasteiger partial charge in [0.1, 0.15) is 11.4 Å². The lowest BCUT2D eigenvalue weighted by Gasteiger charge is -2.37. The van der Waals surface area contributed by atoms with E-state index in [1.807, 2.05) is 12.1 Å². The Labute approximate surface area is 147 Å². The molecule has 126 valence electrons. The summed E-state index contributed by atoms with van der Waals surface area (Å²) in [6, 6.07) is 5.41. The van der Waals surface area contributed by atoms with Crippen LogP contribution in [0, 0.1) is 17.3 Å². The Bertz CT molecular complexity index is 827. The number of fused-ring (bicyclic) bond motifs is 2. The largest absolute Gasteiger partial charge is 0.345 e. The van der Waals surface area contributed by atoms with Crippen molar-refractivity contribution in [3.8, 4) is 11.8 Å². The minimum absolute atomic E-state index is 0.0207. The first-order valence-corrected chi connectivity index (χ1v) is 8.72. The summed E-state index contributed by atoms with van der Waals surface area (Å²) in [5, 5.41) is 3.27. The highest BCUT2D eigenvalue weighted by atomic mass is 16.2. The molecule has 2 bridgehead atoms. The van der Waals surface area contributed by atoms with Gasteiger partial charge in [-0.2, -0.15) is 0 Å². The van der Waals surface area contributed by atoms with E-state index in [0.29, 0.717) is 11.4 Å². The molecule has 1 amide bonds. The Morgan fingerprint density at radius 1 is 1.08 bits per heavy atom. The minimum Gasteiger partial charge on any atom is -0.345 e. The van der Waals surface area contributed by atoms with Gasteiger partial charge in [-0.25, -0.2) is 4.98 Å². The van der Waals surface area contributed by atoms with Gasteiger partial charge in [0.05, 0.1) is 6.20 Å². The van der Waals surface area contributed by atoms with E-state index in [2.05, 4.69) is 32.1 Å². The molecule has 2 aliphatic carbocycles. The van der Waals surface area contributed by atoms with E-state index in [-0.39, 0.29) is 16.9 Å². The van der Waals surface area contributed by atoms with E-state index >= 15 is 0 Å². The van der Waals surface area contributed by atoms with E-state index in [1.54, 1.807) is 30.9 Å². The Kier molecular flexibility index (Phi) is 3.96. The molecule has 2 atom stereocenters. The maximum atomic E-state index is 12.6. The van der Waals surface area contributed by atoms with Crippen LogP contribution < -0.4 is 5.32 Å². The minimum atomic E-state index is -0.149. The SMILES string of the molecule is O=C(N[C@@]12CCC[C@@](C#Cc3cnccn3)(CC1)C2)c1ccccn1. The van der Waals surface area contributed by atoms with Crippen molar-refractivity contribution in [3.05, 3.63) is 54.4 Å². The number of amides is 1. The first-order chi connectivity index (χ1) is 12.2. The predicted octanol–water partition coefficient (Wildman–Crippen LogP) is 2.75. The van der Waals surface area contributed by atoms with Gasteiger partial charge in [-0.1, -0.05) is 12.0 Å². The average Bonchev–Trinajstić information content (AvgIpc) is 2.92. The molecule has 4 rings (SSSR count). The number of pyridine rings is 1. The van der Waals surface area contributed by atoms with Gasteiger partial charge in [0.15, 0.2) is 0 Å². The zero-order valence-electron chi connectivity index (χ0n) is 14.0. The van der Waals surface area contributed by atoms with Gasteiger partial charge in [0.25, 0.3) is 5.91 Å². The second kappa shape index (κ2) is 6.29. The summed E-state index contributed by atoms with van der Waals surface area (Å²) < 4.78 is 0. The van der Waals surface area contributed by atoms with Crippen molar-refractivity contribution in [1.82, 2.24) is 20.3 Å². The van der Waals surface area contributed by atoms with Crippen molar-refractivity contribution >= 4 is 5.91 Å². The Balaban J connectivity index is 1.52. The average molecular weight is 332 g/mol. The van der Waals surface area contributed by atoms with Crippen molar-refractivity contribution < 1.29 is 4.79 Å². The van der Waals surface area contributed by atoms with Crippen LogP contribution in [0.4, 0.5) is 0 Å². The molecule has 2 aromatic heterocycles. The number of aromatic nitrogens is 3. The van der Waals surface area contributed by atoms with Gasteiger partial charge in [0.2, 0.25) is 0 Å². The van der Waals surface area contributed by atoms with Crippen LogP contribution >= 0.6 is 0 Å². The van der Waals surface area contributed by atoms with Gasteiger partial charge >= 0.3 is 0 Å². The molecule has 2 aromatic rings. The fourth-order valence-electron chi connectivity index (χ4n) is 4.20. The van der Waals surface area contributed by atoms with E-state index < -0.39 is 0 Å². The molecule has 25 heavy (non-hydrogen) atoms. The molecule has 2 aliphatic rings. The van der Waals surface area contributed by atoms with Gasteiger partial charge < -0.3 is 5.32 Å². The lowest BCUT2D eigenvalue weighted by Crippen LogP contribution is -2.49. The third kappa shape index (κ3) is 3.25. The summed E-state index contributed by atoms with van der Waals surface area (Å²) in [5.41, 5.74) is 1.01. The standard InChI is InChI=1S/C20H20N4O/c25-18(17-4-1-2-11-23-17)24-20-7-3-6-19(15-20,9-10-20)8-5-16-14-21-12-13-22-16/h1-2,4,11-14H,3,6-7,9-10,15H2,(H,24,25)/t19-,20+/m1/s1. The molecule has 1 N–H and O–H groups in total. The molecular formula is C20H20N4O. The molecule has 5 nitrogen and oxygen atoms in total. The van der Waals surface area contributed by atoms with Gasteiger partial charge in [0, 0.05) is 29.5 Å². The summed E-state index contributed by atoms with van der Waals surface area (Å²) in [7, 11) is 0. The van der Waals surface area contributed by atoms with Crippen LogP contribution in [0.3, 0.4) is 0 Å². The van der Waals surface area contributed by atoms with Gasteiger partial charge in [-0.3, -0.25) is 14.8 Å². The number of hydrogen-bond acceptors (Lipinski definition) is 4. The molecule has 0 aromatic carbocycles. The first kappa shape index (κ1) is 15.8. The number of nitrogens with zero attached hydrogens (tertiary/aromatic N) is 3. The van der Waals surface area contributed by atoms with Crippen LogP contribution in [-0.4, -0.2) is 26.4 Å². The molecule has 0 spiro atoms. The molecule has 0 radical (unpaired) electrons. The van der Waals surface area contributed by atoms with E-state index in [1.165, 1.54) is 0 Å². The van der Waals surface area contributed by atoms with Crippen LogP contribution in [0.25, 0.3) is 0 Å². The number of hydrogen-bond donors (Lipinski definition) is 1. The van der Waals surface area contributed by atoms with Crippen molar-refractivity contribution in [1.29, 1.82) is 0 Å². The van der Waals surface area contributed by atoms with Crippen LogP contribution in [0.15, 0.2) is 43.0 Å². The fourth-order valence-corrected chi connectivity index (χ4v) is 4.20. The second-order valence-corrected chi connectivity index (χ2v) is 7.10. The van der Waals surface area contributed by atoms with Crippen LogP contribution in [0.1, 0.15) is 54.7 Å². The summed E-state index contributed by atoms with van der Waals surface area (Å²) >= 11 is 0. The van der Waals surface area contributed by atoms with E-state index in [4.69, 9.17) is 0 Å². The predicted molar refractivity (Wildman–Crippen MR) is 93.5 cm³/mol. The van der Waals surface area contributed by atoms with Crippen LogP contribution in [0.2, 0.25) is 0 Å². The molecule has 5 heteroatoms. The van der Waals surface area contributed by atoms with Crippen molar-refractivity contribution in [2.45, 2.75) is 44.1 Å². The topological polar surface area (TPSA) is 67.8 Å². The smallest absolute Gasteiger partial charge is 0.270 e. The zero-order valence-corrected chi connectivity index (χ0v) is 14.0. The number of nitrogens with one attached hydrogen (secondary N) is 1. The third-order valence-electron chi connectivity index (χ3n) is 5.36. The highest BCUT2D eigenvalue weighted by Crippen LogP contribution is 2.53. The summed E-state index contributed by atoms with van der Waals surface area (Å²) in [4.78, 5) is 25.0. The first-order valence-electron chi connectivity index (χ1n) is 8.72. The van der Waals surface area contributed by atoms with Crippen molar-refractivity contribution in [2.24, 2.45) is 5.41 Å². The normalized spacial score (nSPS) is 27.2. The molecule has 2 heterocycles. The molecular weight excluding hydrogens is 312 g/mol. The number of carbonyl (C=O) groups excluding carboxylic acids is 1. The highest BCUT2D eigenvalue weighted by molar-refractivity contribution is 5.92. The molecule has 0 saturated heterocycles. The Hall–Kier alpha value is -2.74. The summed E-state index contributed by atoms with van der Waals surface area (Å²) in [6.07, 6.45) is 12.7. The highest BCUT2D eigenvalue weighted by Gasteiger charge is 2.51. The lowest BCUT2D eigenvalue weighted by molar-refractivity contribution is 0.0866. The van der Waals surface area contributed by atoms with Crippen LogP contribution in [-0.2, 0) is 0 Å². The van der Waals surface area contributed by atoms with Gasteiger partial charge in [-0.15, -0.1) is 0 Å². The van der Waals surface area contributed by atoms with Crippen molar-refractivity contribution in [3.63, 3.8) is 0 Å². The summed E-state index contributed by atoms with van der Waals surface area (Å²) in [5.74, 6) is 6.56. The van der Waals surface area contributed by atoms with E-state index in [9.17, 15) is 4.79 Å². The maximum absolute atomic E-state index is 12.6. The summed E-state index contributed by atoms with van der Waals surface area (Å²) in [6.45, 7) is 0. The Morgan fingerprint density at radius 2 is 2.04 bits per heavy atom. The molecule has 2 saturated carbocycles. The fraction of sp³-hybridized carbons (Fsp3) is 0.400. The van der Waals surface area contributed by atoms with Gasteiger partial charge in [-0.05, 0) is 56.6 Å². The zero-order chi connectivity index (χ0) is 17.2. The number of carbonyl (C=O) groups is 1. The maximum Gasteiger partial charge on any atom is 0.270 e. The van der Waals surface area contributed by atoms with Crippen molar-refractivity contribution in [2.75, 3.05) is 0 Å². The Morgan fingerprint density at radius 3 is 2.84 bits per heavy atom. The molecule has 2 fully saturated rings.